The van der Waals surface area contributed by atoms with Crippen LogP contribution in [-0.4, -0.2) is 50.0 Å². The molecule has 0 fully saturated rings. The van der Waals surface area contributed by atoms with Crippen LogP contribution in [0.15, 0.2) is 0 Å². The molecule has 94 valence electrons. The molecule has 0 radical (unpaired) electrons. The van der Waals surface area contributed by atoms with Crippen LogP contribution in [0.4, 0.5) is 0 Å². The van der Waals surface area contributed by atoms with Crippen molar-refractivity contribution < 1.29 is 24.2 Å². The number of nitrogens with one attached hydrogen (secondary N) is 1. The van der Waals surface area contributed by atoms with Crippen LogP contribution in [0, 0.1) is 0 Å². The lowest BCUT2D eigenvalue weighted by Gasteiger charge is -2.13. The number of amides is 1. The number of rotatable bonds is 9. The maximum absolute atomic E-state index is 11.2. The number of carbonyl (C=O) groups is 2. The first-order chi connectivity index (χ1) is 7.60. The summed E-state index contributed by atoms with van der Waals surface area (Å²) in [7, 11) is 1.42. The van der Waals surface area contributed by atoms with E-state index in [1.807, 2.05) is 6.92 Å². The Labute approximate surface area is 94.9 Å². The van der Waals surface area contributed by atoms with Crippen LogP contribution in [0.2, 0.25) is 0 Å². The first-order valence-corrected chi connectivity index (χ1v) is 5.19. The van der Waals surface area contributed by atoms with Gasteiger partial charge in [0.25, 0.3) is 0 Å². The van der Waals surface area contributed by atoms with E-state index in [9.17, 15) is 9.59 Å². The summed E-state index contributed by atoms with van der Waals surface area (Å²) in [5, 5.41) is 11.1. The maximum Gasteiger partial charge on any atom is 0.306 e. The number of hydrogen-bond donors (Lipinski definition) is 2. The largest absolute Gasteiger partial charge is 0.481 e. The van der Waals surface area contributed by atoms with Crippen molar-refractivity contribution >= 4 is 11.9 Å². The smallest absolute Gasteiger partial charge is 0.306 e. The van der Waals surface area contributed by atoms with Gasteiger partial charge in [-0.25, -0.2) is 0 Å². The van der Waals surface area contributed by atoms with Gasteiger partial charge in [0.05, 0.1) is 19.1 Å². The average Bonchev–Trinajstić information content (AvgIpc) is 2.24. The molecule has 0 aliphatic rings. The van der Waals surface area contributed by atoms with Crippen LogP contribution >= 0.6 is 0 Å². The van der Waals surface area contributed by atoms with E-state index in [0.717, 1.165) is 0 Å². The third-order valence-corrected chi connectivity index (χ3v) is 1.94. The van der Waals surface area contributed by atoms with Crippen LogP contribution in [0.3, 0.4) is 0 Å². The van der Waals surface area contributed by atoms with E-state index in [0.29, 0.717) is 13.2 Å². The monoisotopic (exact) mass is 233 g/mol. The Balaban J connectivity index is 3.66. The van der Waals surface area contributed by atoms with Crippen molar-refractivity contribution in [1.82, 2.24) is 5.32 Å². The molecule has 0 heterocycles. The highest BCUT2D eigenvalue weighted by atomic mass is 16.5. The molecule has 0 aromatic carbocycles. The van der Waals surface area contributed by atoms with E-state index in [2.05, 4.69) is 5.32 Å². The fourth-order valence-corrected chi connectivity index (χ4v) is 1.06. The zero-order valence-corrected chi connectivity index (χ0v) is 9.69. The summed E-state index contributed by atoms with van der Waals surface area (Å²) in [5.74, 6) is -1.11. The van der Waals surface area contributed by atoms with E-state index in [1.165, 1.54) is 7.11 Å². The third-order valence-electron chi connectivity index (χ3n) is 1.94. The van der Waals surface area contributed by atoms with Crippen molar-refractivity contribution in [3.63, 3.8) is 0 Å². The molecule has 6 nitrogen and oxygen atoms in total. The third kappa shape index (κ3) is 8.19. The van der Waals surface area contributed by atoms with Gasteiger partial charge in [-0.15, -0.1) is 0 Å². The minimum Gasteiger partial charge on any atom is -0.481 e. The van der Waals surface area contributed by atoms with Gasteiger partial charge in [0, 0.05) is 26.7 Å². The zero-order valence-electron chi connectivity index (χ0n) is 9.69. The van der Waals surface area contributed by atoms with Gasteiger partial charge in [0.15, 0.2) is 0 Å². The first-order valence-electron chi connectivity index (χ1n) is 5.19. The summed E-state index contributed by atoms with van der Waals surface area (Å²) >= 11 is 0. The predicted octanol–water partition coefficient (Wildman–Crippen LogP) is 0.0189. The van der Waals surface area contributed by atoms with Gasteiger partial charge in [-0.3, -0.25) is 9.59 Å². The fraction of sp³-hybridized carbons (Fsp3) is 0.800. The molecule has 1 amide bonds. The van der Waals surface area contributed by atoms with Crippen molar-refractivity contribution in [3.05, 3.63) is 0 Å². The van der Waals surface area contributed by atoms with Crippen molar-refractivity contribution in [2.24, 2.45) is 0 Å². The van der Waals surface area contributed by atoms with Crippen molar-refractivity contribution in [1.29, 1.82) is 0 Å². The molecule has 0 saturated carbocycles. The summed E-state index contributed by atoms with van der Waals surface area (Å²) in [5.41, 5.74) is 0. The summed E-state index contributed by atoms with van der Waals surface area (Å²) in [6.07, 6.45) is -0.340. The lowest BCUT2D eigenvalue weighted by Crippen LogP contribution is -2.34. The molecule has 0 aliphatic heterocycles. The Bertz CT molecular complexity index is 219. The molecule has 0 spiro atoms. The van der Waals surface area contributed by atoms with E-state index in [1.54, 1.807) is 0 Å². The van der Waals surface area contributed by atoms with E-state index < -0.39 is 12.1 Å². The SMILES string of the molecule is CCOCCC(=O)NCC(CC(=O)O)OC. The Hall–Kier alpha value is -1.14. The molecule has 0 aromatic rings. The summed E-state index contributed by atoms with van der Waals surface area (Å²) in [6, 6.07) is 0. The van der Waals surface area contributed by atoms with E-state index >= 15 is 0 Å². The van der Waals surface area contributed by atoms with Gasteiger partial charge in [-0.05, 0) is 6.92 Å². The van der Waals surface area contributed by atoms with Gasteiger partial charge in [-0.2, -0.15) is 0 Å². The number of aliphatic carboxylic acids is 1. The normalized spacial score (nSPS) is 12.1. The molecule has 0 aromatic heterocycles. The molecule has 1 atom stereocenters. The molecule has 1 unspecified atom stereocenters. The van der Waals surface area contributed by atoms with Gasteiger partial charge in [0.1, 0.15) is 0 Å². The second-order valence-electron chi connectivity index (χ2n) is 3.21. The molecular weight excluding hydrogens is 214 g/mol. The molecular formula is C10H19NO5. The van der Waals surface area contributed by atoms with Crippen molar-refractivity contribution in [2.45, 2.75) is 25.9 Å². The number of methoxy groups -OCH3 is 1. The molecule has 0 rings (SSSR count). The molecule has 6 heteroatoms. The van der Waals surface area contributed by atoms with Crippen LogP contribution in [0.25, 0.3) is 0 Å². The Morgan fingerprint density at radius 3 is 2.62 bits per heavy atom. The summed E-state index contributed by atoms with van der Waals surface area (Å²) in [6.45, 7) is 3.01. The minimum atomic E-state index is -0.949. The highest BCUT2D eigenvalue weighted by Gasteiger charge is 2.13. The summed E-state index contributed by atoms with van der Waals surface area (Å²) < 4.78 is 9.93. The fourth-order valence-electron chi connectivity index (χ4n) is 1.06. The molecule has 2 N–H and O–H groups in total. The molecule has 16 heavy (non-hydrogen) atoms. The Morgan fingerprint density at radius 2 is 2.12 bits per heavy atom. The Morgan fingerprint density at radius 1 is 1.44 bits per heavy atom. The summed E-state index contributed by atoms with van der Waals surface area (Å²) in [4.78, 5) is 21.6. The zero-order chi connectivity index (χ0) is 12.4. The standard InChI is InChI=1S/C10H19NO5/c1-3-16-5-4-9(12)11-7-8(15-2)6-10(13)14/h8H,3-7H2,1-2H3,(H,11,12)(H,13,14). The Kier molecular flexibility index (Phi) is 8.46. The highest BCUT2D eigenvalue weighted by Crippen LogP contribution is 1.95. The number of carbonyl (C=O) groups excluding carboxylic acids is 1. The lowest BCUT2D eigenvalue weighted by molar-refractivity contribution is -0.140. The second-order valence-corrected chi connectivity index (χ2v) is 3.21. The predicted molar refractivity (Wildman–Crippen MR) is 57.2 cm³/mol. The second kappa shape index (κ2) is 9.11. The van der Waals surface area contributed by atoms with Crippen molar-refractivity contribution in [2.75, 3.05) is 26.9 Å². The van der Waals surface area contributed by atoms with Gasteiger partial charge in [0.2, 0.25) is 5.91 Å². The van der Waals surface area contributed by atoms with Crippen LogP contribution in [-0.2, 0) is 19.1 Å². The number of ether oxygens (including phenoxy) is 2. The van der Waals surface area contributed by atoms with Gasteiger partial charge < -0.3 is 19.9 Å². The van der Waals surface area contributed by atoms with E-state index in [4.69, 9.17) is 14.6 Å². The van der Waals surface area contributed by atoms with Crippen LogP contribution < -0.4 is 5.32 Å². The lowest BCUT2D eigenvalue weighted by atomic mass is 10.2. The molecule has 0 saturated heterocycles. The van der Waals surface area contributed by atoms with Crippen LogP contribution in [0.5, 0.6) is 0 Å². The topological polar surface area (TPSA) is 84.9 Å². The van der Waals surface area contributed by atoms with Gasteiger partial charge in [-0.1, -0.05) is 0 Å². The van der Waals surface area contributed by atoms with Gasteiger partial charge >= 0.3 is 5.97 Å². The number of carboxylic acids is 1. The number of hydrogen-bond acceptors (Lipinski definition) is 4. The number of carboxylic acid groups (broad SMARTS) is 1. The highest BCUT2D eigenvalue weighted by molar-refractivity contribution is 5.76. The maximum atomic E-state index is 11.2. The first kappa shape index (κ1) is 14.9. The van der Waals surface area contributed by atoms with Crippen LogP contribution in [0.1, 0.15) is 19.8 Å². The quantitative estimate of drug-likeness (QED) is 0.548. The molecule has 0 aliphatic carbocycles. The molecule has 0 bridgehead atoms. The average molecular weight is 233 g/mol. The van der Waals surface area contributed by atoms with E-state index in [-0.39, 0.29) is 25.3 Å². The minimum absolute atomic E-state index is 0.123. The van der Waals surface area contributed by atoms with Crippen molar-refractivity contribution in [3.8, 4) is 0 Å².